The van der Waals surface area contributed by atoms with E-state index in [-0.39, 0.29) is 0 Å². The molecule has 0 unspecified atom stereocenters. The number of nitrogens with zero attached hydrogens (tertiary/aromatic N) is 2. The fraction of sp³-hybridized carbons (Fsp3) is 0.143. The van der Waals surface area contributed by atoms with Crippen LogP contribution in [0.15, 0.2) is 71.5 Å². The van der Waals surface area contributed by atoms with Crippen LogP contribution >= 0.6 is 0 Å². The highest BCUT2D eigenvalue weighted by Gasteiger charge is 2.15. The Kier molecular flexibility index (Phi) is 4.17. The molecule has 4 aromatic rings. The molecule has 0 saturated heterocycles. The maximum absolute atomic E-state index is 5.86. The second-order valence-electron chi connectivity index (χ2n) is 5.94. The lowest BCUT2D eigenvalue weighted by Gasteiger charge is -2.05. The normalized spacial score (nSPS) is 10.9. The van der Waals surface area contributed by atoms with Crippen molar-refractivity contribution < 1.29 is 9.26 Å². The van der Waals surface area contributed by atoms with Gasteiger partial charge in [-0.2, -0.15) is 0 Å². The molecule has 4 nitrogen and oxygen atoms in total. The molecule has 0 fully saturated rings. The number of fused-ring (bicyclic) bond motifs is 1. The lowest BCUT2D eigenvalue weighted by atomic mass is 10.0. The molecule has 4 heteroatoms. The van der Waals surface area contributed by atoms with E-state index in [9.17, 15) is 0 Å². The third-order valence-electron chi connectivity index (χ3n) is 4.27. The van der Waals surface area contributed by atoms with Crippen molar-refractivity contribution in [3.63, 3.8) is 0 Å². The summed E-state index contributed by atoms with van der Waals surface area (Å²) in [5.74, 6) is 0.536. The average Bonchev–Trinajstić information content (AvgIpc) is 3.07. The van der Waals surface area contributed by atoms with E-state index in [0.29, 0.717) is 12.5 Å². The van der Waals surface area contributed by atoms with Crippen molar-refractivity contribution in [3.8, 4) is 17.0 Å². The lowest BCUT2D eigenvalue weighted by Crippen LogP contribution is -2.01. The number of pyridine rings is 1. The predicted octanol–water partition coefficient (Wildman–Crippen LogP) is 4.82. The van der Waals surface area contributed by atoms with Crippen LogP contribution in [0.3, 0.4) is 0 Å². The quantitative estimate of drug-likeness (QED) is 0.526. The highest BCUT2D eigenvalue weighted by molar-refractivity contribution is 5.95. The zero-order chi connectivity index (χ0) is 17.1. The highest BCUT2D eigenvalue weighted by Crippen LogP contribution is 2.34. The molecule has 2 heterocycles. The third kappa shape index (κ3) is 3.11. The van der Waals surface area contributed by atoms with Gasteiger partial charge in [-0.15, -0.1) is 0 Å². The standard InChI is InChI=1S/C21H18N2O2/c1-15-10-12-22-14-19(15)17-8-5-9-18-20(17)25-23-21(18)24-13-11-16-6-3-2-4-7-16/h2-10,12,14H,11,13H2,1H3. The molecule has 124 valence electrons. The molecule has 0 aliphatic carbocycles. The van der Waals surface area contributed by atoms with Crippen LogP contribution in [0.2, 0.25) is 0 Å². The maximum Gasteiger partial charge on any atom is 0.262 e. The molecule has 0 bridgehead atoms. The number of hydrogen-bond donors (Lipinski definition) is 0. The molecular formula is C21H18N2O2. The molecule has 0 spiro atoms. The predicted molar refractivity (Wildman–Crippen MR) is 97.6 cm³/mol. The first-order valence-corrected chi connectivity index (χ1v) is 8.29. The Morgan fingerprint density at radius 1 is 0.960 bits per heavy atom. The summed E-state index contributed by atoms with van der Waals surface area (Å²) in [5.41, 5.74) is 5.13. The summed E-state index contributed by atoms with van der Waals surface area (Å²) in [5, 5.41) is 5.01. The summed E-state index contributed by atoms with van der Waals surface area (Å²) in [6.45, 7) is 2.62. The fourth-order valence-electron chi connectivity index (χ4n) is 2.91. The van der Waals surface area contributed by atoms with Gasteiger partial charge in [0.2, 0.25) is 0 Å². The minimum absolute atomic E-state index is 0.536. The second-order valence-corrected chi connectivity index (χ2v) is 5.94. The van der Waals surface area contributed by atoms with E-state index in [1.165, 1.54) is 5.56 Å². The maximum atomic E-state index is 5.86. The van der Waals surface area contributed by atoms with Crippen molar-refractivity contribution in [1.82, 2.24) is 10.1 Å². The number of benzene rings is 2. The first-order valence-electron chi connectivity index (χ1n) is 8.29. The zero-order valence-corrected chi connectivity index (χ0v) is 14.0. The Balaban J connectivity index is 1.60. The van der Waals surface area contributed by atoms with Gasteiger partial charge < -0.3 is 9.26 Å². The van der Waals surface area contributed by atoms with Crippen LogP contribution in [-0.2, 0) is 6.42 Å². The van der Waals surface area contributed by atoms with Crippen molar-refractivity contribution in [2.75, 3.05) is 6.61 Å². The van der Waals surface area contributed by atoms with Gasteiger partial charge in [-0.3, -0.25) is 4.98 Å². The number of rotatable bonds is 5. The minimum atomic E-state index is 0.536. The topological polar surface area (TPSA) is 48.2 Å². The van der Waals surface area contributed by atoms with E-state index in [2.05, 4.69) is 29.2 Å². The molecule has 0 aliphatic rings. The van der Waals surface area contributed by atoms with Gasteiger partial charge in [0, 0.05) is 29.9 Å². The molecular weight excluding hydrogens is 312 g/mol. The van der Waals surface area contributed by atoms with Crippen LogP contribution in [0.1, 0.15) is 11.1 Å². The van der Waals surface area contributed by atoms with Crippen molar-refractivity contribution in [2.24, 2.45) is 0 Å². The van der Waals surface area contributed by atoms with E-state index in [1.807, 2.05) is 48.7 Å². The molecule has 0 saturated carbocycles. The van der Waals surface area contributed by atoms with Gasteiger partial charge in [0.25, 0.3) is 5.88 Å². The molecule has 0 amide bonds. The number of para-hydroxylation sites is 1. The van der Waals surface area contributed by atoms with Gasteiger partial charge in [0.05, 0.1) is 12.0 Å². The SMILES string of the molecule is Cc1ccncc1-c1cccc2c(OCCc3ccccc3)noc12. The molecule has 0 atom stereocenters. The highest BCUT2D eigenvalue weighted by atomic mass is 16.5. The largest absolute Gasteiger partial charge is 0.475 e. The van der Waals surface area contributed by atoms with E-state index >= 15 is 0 Å². The number of hydrogen-bond acceptors (Lipinski definition) is 4. The van der Waals surface area contributed by atoms with Gasteiger partial charge in [0.1, 0.15) is 0 Å². The van der Waals surface area contributed by atoms with Gasteiger partial charge in [-0.25, -0.2) is 0 Å². The summed E-state index contributed by atoms with van der Waals surface area (Å²) in [4.78, 5) is 4.23. The molecule has 4 rings (SSSR count). The molecule has 0 radical (unpaired) electrons. The van der Waals surface area contributed by atoms with Crippen molar-refractivity contribution in [2.45, 2.75) is 13.3 Å². The Hall–Kier alpha value is -3.14. The van der Waals surface area contributed by atoms with E-state index < -0.39 is 0 Å². The van der Waals surface area contributed by atoms with Crippen molar-refractivity contribution in [1.29, 1.82) is 0 Å². The first-order chi connectivity index (χ1) is 12.3. The van der Waals surface area contributed by atoms with Gasteiger partial charge in [-0.1, -0.05) is 42.5 Å². The second kappa shape index (κ2) is 6.77. The van der Waals surface area contributed by atoms with Gasteiger partial charge in [-0.05, 0) is 35.3 Å². The Labute approximate surface area is 146 Å². The molecule has 2 aromatic carbocycles. The first kappa shape index (κ1) is 15.4. The van der Waals surface area contributed by atoms with E-state index in [0.717, 1.165) is 34.1 Å². The Bertz CT molecular complexity index is 993. The van der Waals surface area contributed by atoms with Crippen LogP contribution < -0.4 is 4.74 Å². The molecule has 25 heavy (non-hydrogen) atoms. The summed E-state index contributed by atoms with van der Waals surface area (Å²) in [6, 6.07) is 18.2. The van der Waals surface area contributed by atoms with Crippen LogP contribution in [0.25, 0.3) is 22.1 Å². The summed E-state index contributed by atoms with van der Waals surface area (Å²) in [6.07, 6.45) is 4.47. The monoisotopic (exact) mass is 330 g/mol. The van der Waals surface area contributed by atoms with Gasteiger partial charge >= 0.3 is 0 Å². The summed E-state index contributed by atoms with van der Waals surface area (Å²) < 4.78 is 11.5. The molecule has 2 aromatic heterocycles. The third-order valence-corrected chi connectivity index (χ3v) is 4.27. The van der Waals surface area contributed by atoms with Crippen molar-refractivity contribution >= 4 is 11.0 Å². The summed E-state index contributed by atoms with van der Waals surface area (Å²) >= 11 is 0. The van der Waals surface area contributed by atoms with Gasteiger partial charge in [0.15, 0.2) is 5.58 Å². The van der Waals surface area contributed by atoms with E-state index in [1.54, 1.807) is 6.20 Å². The summed E-state index contributed by atoms with van der Waals surface area (Å²) in [7, 11) is 0. The molecule has 0 N–H and O–H groups in total. The molecule has 0 aliphatic heterocycles. The average molecular weight is 330 g/mol. The van der Waals surface area contributed by atoms with Crippen molar-refractivity contribution in [3.05, 3.63) is 78.1 Å². The Morgan fingerprint density at radius 2 is 1.84 bits per heavy atom. The zero-order valence-electron chi connectivity index (χ0n) is 14.0. The van der Waals surface area contributed by atoms with Crippen LogP contribution in [0.4, 0.5) is 0 Å². The van der Waals surface area contributed by atoms with Crippen LogP contribution in [-0.4, -0.2) is 16.7 Å². The number of ether oxygens (including phenoxy) is 1. The van der Waals surface area contributed by atoms with Crippen LogP contribution in [0.5, 0.6) is 5.88 Å². The lowest BCUT2D eigenvalue weighted by molar-refractivity contribution is 0.288. The minimum Gasteiger partial charge on any atom is -0.475 e. The number of aromatic nitrogens is 2. The Morgan fingerprint density at radius 3 is 2.68 bits per heavy atom. The van der Waals surface area contributed by atoms with Crippen LogP contribution in [0, 0.1) is 6.92 Å². The smallest absolute Gasteiger partial charge is 0.262 e. The number of aryl methyl sites for hydroxylation is 1. The fourth-order valence-corrected chi connectivity index (χ4v) is 2.91. The van der Waals surface area contributed by atoms with E-state index in [4.69, 9.17) is 9.26 Å².